The van der Waals surface area contributed by atoms with Crippen LogP contribution in [0.15, 0.2) is 97.2 Å². The highest BCUT2D eigenvalue weighted by Gasteiger charge is 2.15. The smallest absolute Gasteiger partial charge is 0.306 e. The van der Waals surface area contributed by atoms with Crippen LogP contribution in [0.3, 0.4) is 0 Å². The quantitative estimate of drug-likeness (QED) is 0.0482. The zero-order chi connectivity index (χ0) is 33.6. The summed E-state index contributed by atoms with van der Waals surface area (Å²) in [4.78, 5) is 24.1. The van der Waals surface area contributed by atoms with Crippen molar-refractivity contribution >= 4 is 11.9 Å². The van der Waals surface area contributed by atoms with E-state index >= 15 is 0 Å². The summed E-state index contributed by atoms with van der Waals surface area (Å²) in [7, 11) is 0. The minimum atomic E-state index is -0.822. The lowest BCUT2D eigenvalue weighted by atomic mass is 10.1. The minimum absolute atomic E-state index is 0.115. The molecule has 5 heteroatoms. The Bertz CT molecular complexity index is 948. The molecule has 0 aliphatic rings. The van der Waals surface area contributed by atoms with Crippen molar-refractivity contribution in [1.82, 2.24) is 0 Å². The Labute approximate surface area is 281 Å². The van der Waals surface area contributed by atoms with E-state index in [1.54, 1.807) is 0 Å². The molecule has 0 heterocycles. The van der Waals surface area contributed by atoms with E-state index in [0.29, 0.717) is 12.8 Å². The molecule has 0 radical (unpaired) electrons. The van der Waals surface area contributed by atoms with Crippen LogP contribution in [0.4, 0.5) is 0 Å². The van der Waals surface area contributed by atoms with Crippen LogP contribution in [0.2, 0.25) is 0 Å². The summed E-state index contributed by atoms with van der Waals surface area (Å²) in [5.41, 5.74) is 0. The van der Waals surface area contributed by atoms with Gasteiger partial charge in [-0.15, -0.1) is 0 Å². The Kier molecular flexibility index (Phi) is 33.8. The molecule has 0 aromatic carbocycles. The largest absolute Gasteiger partial charge is 0.462 e. The van der Waals surface area contributed by atoms with Gasteiger partial charge in [-0.25, -0.2) is 0 Å². The van der Waals surface area contributed by atoms with Crippen molar-refractivity contribution in [2.24, 2.45) is 0 Å². The number of carbonyl (C=O) groups is 2. The van der Waals surface area contributed by atoms with Crippen LogP contribution in [0.1, 0.15) is 129 Å². The van der Waals surface area contributed by atoms with Crippen LogP contribution in [-0.2, 0) is 19.1 Å². The molecule has 0 aliphatic carbocycles. The molecule has 0 rings (SSSR count). The number of unbranched alkanes of at least 4 members (excludes halogenated alkanes) is 6. The number of ether oxygens (including phenoxy) is 2. The lowest BCUT2D eigenvalue weighted by Crippen LogP contribution is -2.28. The van der Waals surface area contributed by atoms with Gasteiger partial charge in [0.1, 0.15) is 6.61 Å². The third-order valence-corrected chi connectivity index (χ3v) is 6.86. The molecule has 1 N–H and O–H groups in total. The standard InChI is InChI=1S/C41H64O5/c1-3-5-7-9-11-13-15-17-19-20-22-24-26-28-30-32-34-36-41(44)46-39(37-42)38-45-40(43)35-33-31-29-27-25-23-21-18-16-14-12-10-8-6-4-2/h5,7,11-14,17-19,21-22,24-25,27-28,30,39,42H,3-4,6,8-10,15-16,20,23,26,29,31-38H2,1-2H3/b7-5+,13-11+,14-12-,19-17+,21-18-,24-22-,27-25-,30-28-. The van der Waals surface area contributed by atoms with Crippen LogP contribution < -0.4 is 0 Å². The first-order chi connectivity index (χ1) is 22.6. The zero-order valence-corrected chi connectivity index (χ0v) is 29.0. The first kappa shape index (κ1) is 42.8. The third kappa shape index (κ3) is 33.7. The average molecular weight is 637 g/mol. The maximum absolute atomic E-state index is 12.1. The first-order valence-corrected chi connectivity index (χ1v) is 17.8. The fourth-order valence-electron chi connectivity index (χ4n) is 4.18. The summed E-state index contributed by atoms with van der Waals surface area (Å²) in [6.45, 7) is 3.88. The van der Waals surface area contributed by atoms with E-state index in [0.717, 1.165) is 70.6 Å². The molecule has 1 atom stereocenters. The van der Waals surface area contributed by atoms with Gasteiger partial charge in [0.05, 0.1) is 6.61 Å². The highest BCUT2D eigenvalue weighted by atomic mass is 16.6. The van der Waals surface area contributed by atoms with E-state index in [9.17, 15) is 14.7 Å². The third-order valence-electron chi connectivity index (χ3n) is 6.86. The molecule has 1 unspecified atom stereocenters. The summed E-state index contributed by atoms with van der Waals surface area (Å²) in [6.07, 6.45) is 50.4. The van der Waals surface area contributed by atoms with E-state index in [1.807, 2.05) is 0 Å². The number of hydrogen-bond acceptors (Lipinski definition) is 5. The predicted octanol–water partition coefficient (Wildman–Crippen LogP) is 10.9. The van der Waals surface area contributed by atoms with Gasteiger partial charge in [0.2, 0.25) is 0 Å². The molecule has 0 aromatic rings. The molecule has 0 spiro atoms. The molecule has 5 nitrogen and oxygen atoms in total. The maximum Gasteiger partial charge on any atom is 0.306 e. The Morgan fingerprint density at radius 2 is 0.935 bits per heavy atom. The first-order valence-electron chi connectivity index (χ1n) is 17.8. The summed E-state index contributed by atoms with van der Waals surface area (Å²) < 4.78 is 10.5. The van der Waals surface area contributed by atoms with Crippen molar-refractivity contribution in [1.29, 1.82) is 0 Å². The molecular formula is C41H64O5. The highest BCUT2D eigenvalue weighted by molar-refractivity contribution is 5.70. The van der Waals surface area contributed by atoms with Gasteiger partial charge in [0.15, 0.2) is 6.10 Å². The zero-order valence-electron chi connectivity index (χ0n) is 29.0. The van der Waals surface area contributed by atoms with Crippen molar-refractivity contribution in [3.8, 4) is 0 Å². The topological polar surface area (TPSA) is 72.8 Å². The summed E-state index contributed by atoms with van der Waals surface area (Å²) >= 11 is 0. The van der Waals surface area contributed by atoms with E-state index in [4.69, 9.17) is 9.47 Å². The molecular weight excluding hydrogens is 572 g/mol. The number of hydrogen-bond donors (Lipinski definition) is 1. The second-order valence-electron chi connectivity index (χ2n) is 11.2. The fraction of sp³-hybridized carbons (Fsp3) is 0.561. The van der Waals surface area contributed by atoms with Crippen molar-refractivity contribution in [2.75, 3.05) is 13.2 Å². The normalized spacial score (nSPS) is 13.4. The Morgan fingerprint density at radius 3 is 1.39 bits per heavy atom. The van der Waals surface area contributed by atoms with Crippen molar-refractivity contribution in [3.05, 3.63) is 97.2 Å². The van der Waals surface area contributed by atoms with Gasteiger partial charge in [-0.3, -0.25) is 9.59 Å². The molecule has 0 saturated heterocycles. The Balaban J connectivity index is 3.80. The lowest BCUT2D eigenvalue weighted by molar-refractivity contribution is -0.161. The van der Waals surface area contributed by atoms with Gasteiger partial charge in [0.25, 0.3) is 0 Å². The molecule has 0 aliphatic heterocycles. The summed E-state index contributed by atoms with van der Waals surface area (Å²) in [5.74, 6) is -0.717. The van der Waals surface area contributed by atoms with Crippen LogP contribution in [0, 0.1) is 0 Å². The summed E-state index contributed by atoms with van der Waals surface area (Å²) in [6, 6.07) is 0. The van der Waals surface area contributed by atoms with Gasteiger partial charge < -0.3 is 14.6 Å². The number of aliphatic hydroxyl groups excluding tert-OH is 1. The van der Waals surface area contributed by atoms with Gasteiger partial charge in [-0.2, -0.15) is 0 Å². The number of rotatable bonds is 30. The molecule has 258 valence electrons. The van der Waals surface area contributed by atoms with E-state index < -0.39 is 6.10 Å². The van der Waals surface area contributed by atoms with Gasteiger partial charge in [-0.1, -0.05) is 124 Å². The predicted molar refractivity (Wildman–Crippen MR) is 195 cm³/mol. The van der Waals surface area contributed by atoms with E-state index in [-0.39, 0.29) is 31.6 Å². The minimum Gasteiger partial charge on any atom is -0.462 e. The second-order valence-corrected chi connectivity index (χ2v) is 11.2. The molecule has 0 bridgehead atoms. The van der Waals surface area contributed by atoms with Gasteiger partial charge in [0, 0.05) is 12.8 Å². The summed E-state index contributed by atoms with van der Waals surface area (Å²) in [5, 5.41) is 9.51. The van der Waals surface area contributed by atoms with Gasteiger partial charge in [-0.05, 0) is 89.9 Å². The lowest BCUT2D eigenvalue weighted by Gasteiger charge is -2.15. The molecule has 0 amide bonds. The van der Waals surface area contributed by atoms with Crippen LogP contribution in [0.5, 0.6) is 0 Å². The molecule has 46 heavy (non-hydrogen) atoms. The maximum atomic E-state index is 12.1. The monoisotopic (exact) mass is 636 g/mol. The Morgan fingerprint density at radius 1 is 0.522 bits per heavy atom. The molecule has 0 fully saturated rings. The van der Waals surface area contributed by atoms with Crippen molar-refractivity contribution in [3.63, 3.8) is 0 Å². The number of allylic oxidation sites excluding steroid dienone is 16. The molecule has 0 aromatic heterocycles. The number of carbonyl (C=O) groups excluding carboxylic acids is 2. The van der Waals surface area contributed by atoms with E-state index in [1.165, 1.54) is 25.7 Å². The van der Waals surface area contributed by atoms with Crippen LogP contribution >= 0.6 is 0 Å². The second kappa shape index (κ2) is 36.3. The highest BCUT2D eigenvalue weighted by Crippen LogP contribution is 2.07. The SMILES string of the molecule is CC/C=C/C/C=C/C/C=C/C/C=C\C/C=C\CCCC(=O)OC(CO)COC(=O)CCCC/C=C\C/C=C\C/C=C\CCCCC. The fourth-order valence-corrected chi connectivity index (χ4v) is 4.18. The van der Waals surface area contributed by atoms with Crippen LogP contribution in [-0.4, -0.2) is 36.4 Å². The number of esters is 2. The van der Waals surface area contributed by atoms with Crippen molar-refractivity contribution in [2.45, 2.75) is 136 Å². The number of aliphatic hydroxyl groups is 1. The van der Waals surface area contributed by atoms with E-state index in [2.05, 4.69) is 111 Å². The average Bonchev–Trinajstić information content (AvgIpc) is 3.06. The van der Waals surface area contributed by atoms with Crippen LogP contribution in [0.25, 0.3) is 0 Å². The molecule has 0 saturated carbocycles. The Hall–Kier alpha value is -3.18. The van der Waals surface area contributed by atoms with Gasteiger partial charge >= 0.3 is 11.9 Å². The van der Waals surface area contributed by atoms with Crippen molar-refractivity contribution < 1.29 is 24.2 Å².